The summed E-state index contributed by atoms with van der Waals surface area (Å²) in [6, 6.07) is 8.90. The molecule has 1 atom stereocenters. The number of hydrogen-bond acceptors (Lipinski definition) is 4. The van der Waals surface area contributed by atoms with Gasteiger partial charge in [0.05, 0.1) is 25.0 Å². The Labute approximate surface area is 194 Å². The average molecular weight is 452 g/mol. The van der Waals surface area contributed by atoms with Crippen molar-refractivity contribution in [2.45, 2.75) is 57.4 Å². The lowest BCUT2D eigenvalue weighted by Gasteiger charge is -2.34. The molecule has 2 saturated carbocycles. The van der Waals surface area contributed by atoms with Crippen molar-refractivity contribution < 1.29 is 14.3 Å². The Morgan fingerprint density at radius 2 is 1.82 bits per heavy atom. The minimum atomic E-state index is -0.347. The first-order chi connectivity index (χ1) is 16.1. The first kappa shape index (κ1) is 21.8. The summed E-state index contributed by atoms with van der Waals surface area (Å²) in [5, 5.41) is 10.2. The van der Waals surface area contributed by atoms with Crippen LogP contribution in [0.5, 0.6) is 5.75 Å². The molecule has 2 N–H and O–H groups in total. The lowest BCUT2D eigenvalue weighted by atomic mass is 9.84. The Bertz CT molecular complexity index is 1000. The number of nitrogens with one attached hydrogen (secondary N) is 2. The zero-order chi connectivity index (χ0) is 22.8. The molecular weight excluding hydrogens is 418 g/mol. The lowest BCUT2D eigenvalue weighted by Crippen LogP contribution is -2.41. The van der Waals surface area contributed by atoms with E-state index in [0.29, 0.717) is 28.6 Å². The van der Waals surface area contributed by atoms with E-state index in [-0.39, 0.29) is 18.0 Å². The van der Waals surface area contributed by atoms with Crippen LogP contribution >= 0.6 is 0 Å². The Morgan fingerprint density at radius 3 is 2.58 bits per heavy atom. The molecule has 8 nitrogen and oxygen atoms in total. The number of hydrogen-bond donors (Lipinski definition) is 2. The van der Waals surface area contributed by atoms with Gasteiger partial charge in [-0.1, -0.05) is 31.4 Å². The number of carbonyl (C=O) groups excluding carboxylic acids is 2. The maximum Gasteiger partial charge on any atom is 0.324 e. The number of aromatic nitrogens is 2. The van der Waals surface area contributed by atoms with Crippen LogP contribution in [0.2, 0.25) is 0 Å². The number of carbonyl (C=O) groups is 2. The molecular formula is C25H33N5O3. The van der Waals surface area contributed by atoms with Gasteiger partial charge in [0, 0.05) is 25.1 Å². The second-order valence-corrected chi connectivity index (χ2v) is 9.68. The minimum absolute atomic E-state index is 0.161. The summed E-state index contributed by atoms with van der Waals surface area (Å²) >= 11 is 0. The van der Waals surface area contributed by atoms with E-state index in [4.69, 9.17) is 4.74 Å². The summed E-state index contributed by atoms with van der Waals surface area (Å²) in [7, 11) is 1.57. The van der Waals surface area contributed by atoms with Gasteiger partial charge in [0.15, 0.2) is 0 Å². The van der Waals surface area contributed by atoms with Crippen LogP contribution < -0.4 is 15.4 Å². The van der Waals surface area contributed by atoms with Gasteiger partial charge in [0.1, 0.15) is 11.6 Å². The molecule has 1 unspecified atom stereocenters. The quantitative estimate of drug-likeness (QED) is 0.691. The molecule has 2 aliphatic carbocycles. The highest BCUT2D eigenvalue weighted by molar-refractivity contribution is 6.00. The molecule has 2 heterocycles. The SMILES string of the molecule is COc1ccccc1NC(=O)Nc1ccnn1C1CCN(C(=O)C2CC23CCCCC3)CC1. The lowest BCUT2D eigenvalue weighted by molar-refractivity contribution is -0.135. The van der Waals surface area contributed by atoms with Crippen LogP contribution in [0.1, 0.15) is 57.4 Å². The molecule has 0 radical (unpaired) electrons. The molecule has 1 saturated heterocycles. The van der Waals surface area contributed by atoms with E-state index < -0.39 is 0 Å². The number of anilines is 2. The van der Waals surface area contributed by atoms with E-state index in [1.54, 1.807) is 31.5 Å². The predicted octanol–water partition coefficient (Wildman–Crippen LogP) is 4.67. The molecule has 3 aliphatic rings. The predicted molar refractivity (Wildman–Crippen MR) is 126 cm³/mol. The summed E-state index contributed by atoms with van der Waals surface area (Å²) < 4.78 is 7.17. The van der Waals surface area contributed by atoms with Gasteiger partial charge in [-0.25, -0.2) is 9.48 Å². The first-order valence-corrected chi connectivity index (χ1v) is 12.1. The monoisotopic (exact) mass is 451 g/mol. The van der Waals surface area contributed by atoms with Gasteiger partial charge in [-0.15, -0.1) is 0 Å². The Kier molecular flexibility index (Phi) is 6.00. The zero-order valence-corrected chi connectivity index (χ0v) is 19.3. The third-order valence-corrected chi connectivity index (χ3v) is 7.73. The van der Waals surface area contributed by atoms with Crippen molar-refractivity contribution in [3.63, 3.8) is 0 Å². The van der Waals surface area contributed by atoms with E-state index >= 15 is 0 Å². The smallest absolute Gasteiger partial charge is 0.324 e. The molecule has 8 heteroatoms. The molecule has 3 fully saturated rings. The fraction of sp³-hybridized carbons (Fsp3) is 0.560. The van der Waals surface area contributed by atoms with Gasteiger partial charge in [0.25, 0.3) is 0 Å². The number of amides is 3. The second kappa shape index (κ2) is 9.08. The molecule has 3 amide bonds. The third kappa shape index (κ3) is 4.43. The number of rotatable bonds is 5. The van der Waals surface area contributed by atoms with E-state index in [1.165, 1.54) is 32.1 Å². The highest BCUT2D eigenvalue weighted by atomic mass is 16.5. The van der Waals surface area contributed by atoms with Crippen LogP contribution in [0.4, 0.5) is 16.3 Å². The fourth-order valence-electron chi connectivity index (χ4n) is 5.78. The van der Waals surface area contributed by atoms with E-state index in [2.05, 4.69) is 20.6 Å². The van der Waals surface area contributed by atoms with Gasteiger partial charge in [-0.2, -0.15) is 5.10 Å². The summed E-state index contributed by atoms with van der Waals surface area (Å²) in [6.07, 6.45) is 10.8. The Balaban J connectivity index is 1.16. The van der Waals surface area contributed by atoms with Crippen molar-refractivity contribution in [3.8, 4) is 5.75 Å². The number of ether oxygens (including phenoxy) is 1. The first-order valence-electron chi connectivity index (χ1n) is 12.1. The van der Waals surface area contributed by atoms with Crippen LogP contribution in [0.3, 0.4) is 0 Å². The van der Waals surface area contributed by atoms with E-state index in [9.17, 15) is 9.59 Å². The van der Waals surface area contributed by atoms with Crippen molar-refractivity contribution in [2.75, 3.05) is 30.8 Å². The summed E-state index contributed by atoms with van der Waals surface area (Å²) in [4.78, 5) is 27.7. The normalized spacial score (nSPS) is 22.1. The van der Waals surface area contributed by atoms with E-state index in [1.807, 2.05) is 16.8 Å². The fourth-order valence-corrected chi connectivity index (χ4v) is 5.78. The van der Waals surface area contributed by atoms with Crippen molar-refractivity contribution in [1.29, 1.82) is 0 Å². The number of piperidine rings is 1. The van der Waals surface area contributed by atoms with Gasteiger partial charge >= 0.3 is 6.03 Å². The van der Waals surface area contributed by atoms with Crippen molar-refractivity contribution >= 4 is 23.4 Å². The van der Waals surface area contributed by atoms with Crippen LogP contribution in [-0.2, 0) is 4.79 Å². The molecule has 0 bridgehead atoms. The number of nitrogens with zero attached hydrogens (tertiary/aromatic N) is 3. The molecule has 1 spiro atoms. The highest BCUT2D eigenvalue weighted by Crippen LogP contribution is 2.62. The zero-order valence-electron chi connectivity index (χ0n) is 19.3. The van der Waals surface area contributed by atoms with Crippen molar-refractivity contribution in [3.05, 3.63) is 36.5 Å². The number of para-hydroxylation sites is 2. The average Bonchev–Trinajstić information content (AvgIpc) is 3.32. The largest absolute Gasteiger partial charge is 0.495 e. The minimum Gasteiger partial charge on any atom is -0.495 e. The third-order valence-electron chi connectivity index (χ3n) is 7.73. The Morgan fingerprint density at radius 1 is 1.06 bits per heavy atom. The summed E-state index contributed by atoms with van der Waals surface area (Å²) in [5.41, 5.74) is 0.936. The number of likely N-dealkylation sites (tertiary alicyclic amines) is 1. The van der Waals surface area contributed by atoms with Gasteiger partial charge in [-0.3, -0.25) is 10.1 Å². The van der Waals surface area contributed by atoms with Gasteiger partial charge < -0.3 is 15.0 Å². The van der Waals surface area contributed by atoms with Crippen LogP contribution in [-0.4, -0.2) is 46.8 Å². The van der Waals surface area contributed by atoms with Crippen molar-refractivity contribution in [1.82, 2.24) is 14.7 Å². The van der Waals surface area contributed by atoms with E-state index in [0.717, 1.165) is 32.4 Å². The molecule has 5 rings (SSSR count). The highest BCUT2D eigenvalue weighted by Gasteiger charge is 2.58. The maximum atomic E-state index is 13.1. The number of urea groups is 1. The summed E-state index contributed by atoms with van der Waals surface area (Å²) in [6.45, 7) is 1.51. The Hall–Kier alpha value is -3.03. The number of benzene rings is 1. The number of methoxy groups -OCH3 is 1. The molecule has 33 heavy (non-hydrogen) atoms. The van der Waals surface area contributed by atoms with Gasteiger partial charge in [0.2, 0.25) is 5.91 Å². The maximum absolute atomic E-state index is 13.1. The standard InChI is InChI=1S/C25H33N5O3/c1-33-21-8-4-3-7-20(21)27-24(32)28-22-9-14-26-30(22)18-10-15-29(16-11-18)23(31)19-17-25(19)12-5-2-6-13-25/h3-4,7-9,14,18-19H,2,5-6,10-13,15-17H2,1H3,(H2,27,28,32). The second-order valence-electron chi connectivity index (χ2n) is 9.68. The van der Waals surface area contributed by atoms with Crippen LogP contribution in [0.15, 0.2) is 36.5 Å². The molecule has 1 aliphatic heterocycles. The molecule has 1 aromatic carbocycles. The van der Waals surface area contributed by atoms with Gasteiger partial charge in [-0.05, 0) is 49.7 Å². The van der Waals surface area contributed by atoms with Crippen LogP contribution in [0.25, 0.3) is 0 Å². The molecule has 1 aromatic heterocycles. The van der Waals surface area contributed by atoms with Crippen LogP contribution in [0, 0.1) is 11.3 Å². The topological polar surface area (TPSA) is 88.5 Å². The molecule has 2 aromatic rings. The summed E-state index contributed by atoms with van der Waals surface area (Å²) in [5.74, 6) is 1.87. The van der Waals surface area contributed by atoms with Crippen molar-refractivity contribution in [2.24, 2.45) is 11.3 Å². The molecule has 176 valence electrons.